The summed E-state index contributed by atoms with van der Waals surface area (Å²) in [6.07, 6.45) is 4.42. The predicted molar refractivity (Wildman–Crippen MR) is 74.3 cm³/mol. The van der Waals surface area contributed by atoms with Gasteiger partial charge in [0.2, 0.25) is 6.41 Å². The highest BCUT2D eigenvalue weighted by atomic mass is 16.5. The molecule has 1 amide bonds. The summed E-state index contributed by atoms with van der Waals surface area (Å²) in [4.78, 5) is 22.4. The Hall–Kier alpha value is -1.16. The van der Waals surface area contributed by atoms with Crippen LogP contribution in [-0.4, -0.2) is 36.9 Å². The van der Waals surface area contributed by atoms with E-state index in [0.717, 1.165) is 26.1 Å². The molecule has 0 atom stereocenters. The number of carbonyl (C=O) groups is 2. The number of ether oxygens (including phenoxy) is 1. The van der Waals surface area contributed by atoms with Crippen LogP contribution >= 0.6 is 0 Å². The highest BCUT2D eigenvalue weighted by molar-refractivity contribution is 5.95. The van der Waals surface area contributed by atoms with Crippen LogP contribution in [0.4, 0.5) is 0 Å². The van der Waals surface area contributed by atoms with Crippen LogP contribution in [0.3, 0.4) is 0 Å². The molecule has 1 aliphatic rings. The maximum atomic E-state index is 10.7. The quantitative estimate of drug-likeness (QED) is 0.562. The number of hydrogen-bond donors (Lipinski definition) is 0. The topological polar surface area (TPSA) is 46.6 Å². The van der Waals surface area contributed by atoms with Gasteiger partial charge in [-0.1, -0.05) is 26.8 Å². The third-order valence-corrected chi connectivity index (χ3v) is 2.06. The minimum atomic E-state index is -0.0374. The number of amides is 1. The van der Waals surface area contributed by atoms with Gasteiger partial charge in [0.25, 0.3) is 0 Å². The van der Waals surface area contributed by atoms with Crippen molar-refractivity contribution < 1.29 is 14.3 Å². The molecule has 0 aromatic heterocycles. The summed E-state index contributed by atoms with van der Waals surface area (Å²) in [5.41, 5.74) is 0.537. The summed E-state index contributed by atoms with van der Waals surface area (Å²) in [6, 6.07) is 0. The summed E-state index contributed by atoms with van der Waals surface area (Å²) < 4.78 is 4.98. The van der Waals surface area contributed by atoms with Gasteiger partial charge in [0.05, 0.1) is 5.70 Å². The van der Waals surface area contributed by atoms with Gasteiger partial charge in [0.15, 0.2) is 5.78 Å². The molecule has 1 heterocycles. The van der Waals surface area contributed by atoms with E-state index >= 15 is 0 Å². The van der Waals surface area contributed by atoms with Gasteiger partial charge in [-0.3, -0.25) is 9.59 Å². The molecule has 0 N–H and O–H groups in total. The molecule has 0 bridgehead atoms. The number of hydrogen-bond acceptors (Lipinski definition) is 3. The first-order chi connectivity index (χ1) is 8.67. The van der Waals surface area contributed by atoms with E-state index in [-0.39, 0.29) is 5.78 Å². The molecule has 106 valence electrons. The molecule has 4 heteroatoms. The Bertz CT molecular complexity index is 245. The average molecular weight is 257 g/mol. The van der Waals surface area contributed by atoms with Crippen molar-refractivity contribution >= 4 is 12.2 Å². The van der Waals surface area contributed by atoms with Crippen LogP contribution in [0, 0.1) is 0 Å². The van der Waals surface area contributed by atoms with E-state index in [1.807, 2.05) is 20.8 Å². The van der Waals surface area contributed by atoms with Crippen LogP contribution < -0.4 is 0 Å². The zero-order valence-electron chi connectivity index (χ0n) is 12.4. The van der Waals surface area contributed by atoms with Gasteiger partial charge in [-0.15, -0.1) is 0 Å². The number of Topliss-reactive ketones (excluding diaryl/α,β-unsaturated/α-hetero) is 1. The number of carbonyl (C=O) groups excluding carboxylic acids is 2. The Morgan fingerprint density at radius 2 is 2.06 bits per heavy atom. The largest absolute Gasteiger partial charge is 0.382 e. The first-order valence-corrected chi connectivity index (χ1v) is 6.68. The van der Waals surface area contributed by atoms with Crippen LogP contribution in [0.2, 0.25) is 0 Å². The normalized spacial score (nSPS) is 12.7. The fourth-order valence-electron chi connectivity index (χ4n) is 1.32. The van der Waals surface area contributed by atoms with E-state index in [4.69, 9.17) is 4.74 Å². The Morgan fingerprint density at radius 3 is 2.33 bits per heavy atom. The van der Waals surface area contributed by atoms with Crippen LogP contribution in [-0.2, 0) is 14.3 Å². The van der Waals surface area contributed by atoms with Crippen molar-refractivity contribution in [1.29, 1.82) is 0 Å². The molecule has 0 aromatic rings. The van der Waals surface area contributed by atoms with Gasteiger partial charge in [0.1, 0.15) is 0 Å². The molecule has 1 aliphatic heterocycles. The molecular weight excluding hydrogens is 230 g/mol. The van der Waals surface area contributed by atoms with E-state index in [1.54, 1.807) is 6.08 Å². The molecule has 0 fully saturated rings. The average Bonchev–Trinajstić information content (AvgIpc) is 2.88. The van der Waals surface area contributed by atoms with Gasteiger partial charge in [-0.2, -0.15) is 0 Å². The molecular formula is C14H27NO3. The second kappa shape index (κ2) is 13.9. The number of allylic oxidation sites excluding steroid dienone is 1. The summed E-state index contributed by atoms with van der Waals surface area (Å²) in [6.45, 7) is 12.0. The van der Waals surface area contributed by atoms with Gasteiger partial charge in [-0.25, -0.2) is 0 Å². The van der Waals surface area contributed by atoms with Crippen LogP contribution in [0.1, 0.15) is 47.5 Å². The molecule has 0 saturated carbocycles. The smallest absolute Gasteiger partial charge is 0.214 e. The maximum absolute atomic E-state index is 10.7. The first kappa shape index (κ1) is 19.2. The van der Waals surface area contributed by atoms with E-state index in [2.05, 4.69) is 6.92 Å². The minimum absolute atomic E-state index is 0.0374. The lowest BCUT2D eigenvalue weighted by Crippen LogP contribution is -2.21. The summed E-state index contributed by atoms with van der Waals surface area (Å²) >= 11 is 0. The molecule has 4 nitrogen and oxygen atoms in total. The van der Waals surface area contributed by atoms with Crippen molar-refractivity contribution in [3.05, 3.63) is 11.8 Å². The molecule has 0 spiro atoms. The van der Waals surface area contributed by atoms with E-state index in [9.17, 15) is 9.59 Å². The monoisotopic (exact) mass is 257 g/mol. The zero-order valence-corrected chi connectivity index (χ0v) is 12.4. The van der Waals surface area contributed by atoms with Crippen molar-refractivity contribution in [1.82, 2.24) is 4.90 Å². The van der Waals surface area contributed by atoms with Crippen molar-refractivity contribution in [3.8, 4) is 0 Å². The maximum Gasteiger partial charge on any atom is 0.214 e. The molecule has 0 aromatic carbocycles. The predicted octanol–water partition coefficient (Wildman–Crippen LogP) is 2.78. The minimum Gasteiger partial charge on any atom is -0.382 e. The van der Waals surface area contributed by atoms with Crippen molar-refractivity contribution in [3.63, 3.8) is 0 Å². The van der Waals surface area contributed by atoms with Crippen LogP contribution in [0.5, 0.6) is 0 Å². The lowest BCUT2D eigenvalue weighted by molar-refractivity contribution is -0.121. The third-order valence-electron chi connectivity index (χ3n) is 2.06. The summed E-state index contributed by atoms with van der Waals surface area (Å²) in [7, 11) is 0. The SMILES string of the molecule is CC.CC(=O)C1=CCCN1C=O.CCCOCC. The third kappa shape index (κ3) is 8.93. The van der Waals surface area contributed by atoms with Crippen molar-refractivity contribution in [2.45, 2.75) is 47.5 Å². The second-order valence-electron chi connectivity index (χ2n) is 3.43. The molecule has 18 heavy (non-hydrogen) atoms. The second-order valence-corrected chi connectivity index (χ2v) is 3.43. The fourth-order valence-corrected chi connectivity index (χ4v) is 1.32. The Labute approximate surface area is 111 Å². The van der Waals surface area contributed by atoms with Gasteiger partial charge in [-0.05, 0) is 19.8 Å². The molecule has 0 radical (unpaired) electrons. The number of rotatable bonds is 5. The summed E-state index contributed by atoms with van der Waals surface area (Å²) in [5.74, 6) is -0.0374. The molecule has 0 aliphatic carbocycles. The highest BCUT2D eigenvalue weighted by Crippen LogP contribution is 2.12. The van der Waals surface area contributed by atoms with Gasteiger partial charge in [0, 0.05) is 26.7 Å². The van der Waals surface area contributed by atoms with Crippen LogP contribution in [0.25, 0.3) is 0 Å². The highest BCUT2D eigenvalue weighted by Gasteiger charge is 2.16. The Balaban J connectivity index is 0. The Kier molecular flexibility index (Phi) is 14.8. The van der Waals surface area contributed by atoms with E-state index in [1.165, 1.54) is 11.8 Å². The zero-order chi connectivity index (χ0) is 14.4. The number of ketones is 1. The summed E-state index contributed by atoms with van der Waals surface area (Å²) in [5, 5.41) is 0. The Morgan fingerprint density at radius 1 is 1.44 bits per heavy atom. The van der Waals surface area contributed by atoms with Gasteiger partial charge < -0.3 is 9.64 Å². The van der Waals surface area contributed by atoms with Crippen LogP contribution in [0.15, 0.2) is 11.8 Å². The molecule has 1 rings (SSSR count). The number of nitrogens with zero attached hydrogens (tertiary/aromatic N) is 1. The molecule has 0 saturated heterocycles. The lowest BCUT2D eigenvalue weighted by Gasteiger charge is -2.10. The van der Waals surface area contributed by atoms with E-state index in [0.29, 0.717) is 18.7 Å². The fraction of sp³-hybridized carbons (Fsp3) is 0.714. The molecule has 0 unspecified atom stereocenters. The lowest BCUT2D eigenvalue weighted by atomic mass is 10.3. The first-order valence-electron chi connectivity index (χ1n) is 6.68. The van der Waals surface area contributed by atoms with Crippen molar-refractivity contribution in [2.75, 3.05) is 19.8 Å². The van der Waals surface area contributed by atoms with E-state index < -0.39 is 0 Å². The standard InChI is InChI=1S/C7H9NO2.C5H12O.C2H6/c1-6(10)7-3-2-4-8(7)5-9;1-3-5-6-4-2;1-2/h3,5H,2,4H2,1H3;3-5H2,1-2H3;1-2H3. The van der Waals surface area contributed by atoms with Crippen molar-refractivity contribution in [2.24, 2.45) is 0 Å². The van der Waals surface area contributed by atoms with Gasteiger partial charge >= 0.3 is 0 Å².